The first-order valence-corrected chi connectivity index (χ1v) is 4.25. The second kappa shape index (κ2) is 3.40. The Morgan fingerprint density at radius 2 is 2.31 bits per heavy atom. The molecule has 1 aliphatic rings. The van der Waals surface area contributed by atoms with Gasteiger partial charge in [0.25, 0.3) is 0 Å². The zero-order valence-electron chi connectivity index (χ0n) is 6.74. The van der Waals surface area contributed by atoms with Crippen LogP contribution in [0.3, 0.4) is 0 Å². The first kappa shape index (κ1) is 8.59. The normalized spacial score (nSPS) is 19.9. The first-order valence-electron chi connectivity index (χ1n) is 3.87. The average Bonchev–Trinajstić information content (AvgIpc) is 2.91. The van der Waals surface area contributed by atoms with E-state index in [1.807, 2.05) is 0 Å². The summed E-state index contributed by atoms with van der Waals surface area (Å²) in [5, 5.41) is 0.288. The third-order valence-corrected chi connectivity index (χ3v) is 2.07. The largest absolute Gasteiger partial charge is 0.365 e. The molecule has 0 aromatic carbocycles. The number of carbonyl (C=O) groups excluding carboxylic acids is 1. The fourth-order valence-corrected chi connectivity index (χ4v) is 1.15. The molecule has 0 N–H and O–H groups in total. The van der Waals surface area contributed by atoms with Crippen LogP contribution in [0.15, 0.2) is 12.4 Å². The van der Waals surface area contributed by atoms with Crippen LogP contribution in [0.2, 0.25) is 5.15 Å². The summed E-state index contributed by atoms with van der Waals surface area (Å²) >= 11 is 5.73. The van der Waals surface area contributed by atoms with Crippen molar-refractivity contribution in [1.82, 2.24) is 9.97 Å². The molecular formula is C8H7ClN2O2. The summed E-state index contributed by atoms with van der Waals surface area (Å²) in [5.74, 6) is 0.0161. The van der Waals surface area contributed by atoms with Crippen LogP contribution < -0.4 is 0 Å². The van der Waals surface area contributed by atoms with E-state index in [2.05, 4.69) is 9.97 Å². The summed E-state index contributed by atoms with van der Waals surface area (Å²) in [6, 6.07) is 0. The number of aromatic nitrogens is 2. The van der Waals surface area contributed by atoms with Crippen LogP contribution in [0.5, 0.6) is 0 Å². The number of Topliss-reactive ketones (excluding diaryl/α,β-unsaturated/α-hetero) is 1. The maximum Gasteiger partial charge on any atom is 0.169 e. The second-order valence-electron chi connectivity index (χ2n) is 2.76. The highest BCUT2D eigenvalue weighted by molar-refractivity contribution is 6.30. The molecule has 1 saturated heterocycles. The van der Waals surface area contributed by atoms with Crippen LogP contribution in [0.25, 0.3) is 0 Å². The van der Waals surface area contributed by atoms with E-state index in [1.54, 1.807) is 0 Å². The lowest BCUT2D eigenvalue weighted by Crippen LogP contribution is -2.11. The molecule has 1 aromatic heterocycles. The standard InChI is InChI=1S/C8H7ClN2O2/c9-8-5(10-1-2-11-8)3-6(12)7-4-13-7/h1-2,7H,3-4H2. The van der Waals surface area contributed by atoms with Gasteiger partial charge in [-0.25, -0.2) is 4.98 Å². The van der Waals surface area contributed by atoms with E-state index in [0.717, 1.165) is 0 Å². The maximum atomic E-state index is 11.3. The highest BCUT2D eigenvalue weighted by atomic mass is 35.5. The number of ether oxygens (including phenoxy) is 1. The number of ketones is 1. The molecule has 1 fully saturated rings. The molecule has 1 unspecified atom stereocenters. The van der Waals surface area contributed by atoms with Crippen molar-refractivity contribution in [3.8, 4) is 0 Å². The van der Waals surface area contributed by atoms with Crippen LogP contribution >= 0.6 is 11.6 Å². The molecule has 0 radical (unpaired) electrons. The lowest BCUT2D eigenvalue weighted by Gasteiger charge is -1.98. The van der Waals surface area contributed by atoms with Crippen LogP contribution in [0.4, 0.5) is 0 Å². The van der Waals surface area contributed by atoms with Gasteiger partial charge in [0.2, 0.25) is 0 Å². The molecule has 4 nitrogen and oxygen atoms in total. The molecule has 1 atom stereocenters. The Hall–Kier alpha value is -1.00. The smallest absolute Gasteiger partial charge is 0.169 e. The summed E-state index contributed by atoms with van der Waals surface area (Å²) in [4.78, 5) is 19.1. The third kappa shape index (κ3) is 2.02. The molecule has 0 saturated carbocycles. The van der Waals surface area contributed by atoms with Gasteiger partial charge in [-0.2, -0.15) is 0 Å². The predicted molar refractivity (Wildman–Crippen MR) is 45.5 cm³/mol. The zero-order valence-corrected chi connectivity index (χ0v) is 7.49. The second-order valence-corrected chi connectivity index (χ2v) is 3.12. The summed E-state index contributed by atoms with van der Waals surface area (Å²) in [7, 11) is 0. The van der Waals surface area contributed by atoms with E-state index in [0.29, 0.717) is 12.3 Å². The minimum atomic E-state index is -0.238. The minimum absolute atomic E-state index is 0.0161. The van der Waals surface area contributed by atoms with Crippen molar-refractivity contribution in [2.45, 2.75) is 12.5 Å². The van der Waals surface area contributed by atoms with E-state index < -0.39 is 0 Å². The van der Waals surface area contributed by atoms with Crippen LogP contribution in [-0.4, -0.2) is 28.5 Å². The lowest BCUT2D eigenvalue weighted by atomic mass is 10.2. The van der Waals surface area contributed by atoms with Gasteiger partial charge in [0.05, 0.1) is 18.7 Å². The lowest BCUT2D eigenvalue weighted by molar-refractivity contribution is -0.119. The molecule has 2 rings (SSSR count). The SMILES string of the molecule is O=C(Cc1nccnc1Cl)C1CO1. The van der Waals surface area contributed by atoms with Gasteiger partial charge in [-0.15, -0.1) is 0 Å². The molecule has 5 heteroatoms. The molecule has 68 valence electrons. The van der Waals surface area contributed by atoms with Crippen LogP contribution in [0.1, 0.15) is 5.69 Å². The first-order chi connectivity index (χ1) is 6.27. The molecule has 0 spiro atoms. The van der Waals surface area contributed by atoms with Gasteiger partial charge in [0.1, 0.15) is 6.10 Å². The van der Waals surface area contributed by atoms with Gasteiger partial charge in [-0.1, -0.05) is 11.6 Å². The highest BCUT2D eigenvalue weighted by Crippen LogP contribution is 2.15. The Balaban J connectivity index is 2.08. The molecule has 1 aromatic rings. The summed E-state index contributed by atoms with van der Waals surface area (Å²) in [5.41, 5.74) is 0.518. The Bertz CT molecular complexity index is 339. The van der Waals surface area contributed by atoms with Gasteiger partial charge in [-0.3, -0.25) is 9.78 Å². The monoisotopic (exact) mass is 198 g/mol. The Morgan fingerprint density at radius 1 is 1.62 bits per heavy atom. The van der Waals surface area contributed by atoms with Gasteiger partial charge in [0.15, 0.2) is 10.9 Å². The number of hydrogen-bond acceptors (Lipinski definition) is 4. The zero-order chi connectivity index (χ0) is 9.26. The van der Waals surface area contributed by atoms with E-state index in [-0.39, 0.29) is 23.5 Å². The molecule has 0 aliphatic carbocycles. The topological polar surface area (TPSA) is 55.4 Å². The van der Waals surface area contributed by atoms with Gasteiger partial charge < -0.3 is 4.74 Å². The maximum absolute atomic E-state index is 11.3. The summed E-state index contributed by atoms with van der Waals surface area (Å²) in [6.45, 7) is 0.525. The van der Waals surface area contributed by atoms with Crippen molar-refractivity contribution in [3.05, 3.63) is 23.2 Å². The molecule has 0 bridgehead atoms. The van der Waals surface area contributed by atoms with Crippen molar-refractivity contribution in [2.75, 3.05) is 6.61 Å². The van der Waals surface area contributed by atoms with Gasteiger partial charge in [-0.05, 0) is 0 Å². The highest BCUT2D eigenvalue weighted by Gasteiger charge is 2.31. The summed E-state index contributed by atoms with van der Waals surface area (Å²) < 4.78 is 4.84. The molecule has 13 heavy (non-hydrogen) atoms. The molecular weight excluding hydrogens is 192 g/mol. The number of carbonyl (C=O) groups is 1. The third-order valence-electron chi connectivity index (χ3n) is 1.76. The predicted octanol–water partition coefficient (Wildman–Crippen LogP) is 0.640. The van der Waals surface area contributed by atoms with E-state index >= 15 is 0 Å². The Morgan fingerprint density at radius 3 is 2.92 bits per heavy atom. The number of hydrogen-bond donors (Lipinski definition) is 0. The molecule has 1 aliphatic heterocycles. The van der Waals surface area contributed by atoms with Crippen molar-refractivity contribution in [3.63, 3.8) is 0 Å². The van der Waals surface area contributed by atoms with Crippen LogP contribution in [0, 0.1) is 0 Å². The number of nitrogens with zero attached hydrogens (tertiary/aromatic N) is 2. The quantitative estimate of drug-likeness (QED) is 0.669. The van der Waals surface area contributed by atoms with Crippen molar-refractivity contribution in [2.24, 2.45) is 0 Å². The number of halogens is 1. The Kier molecular flexibility index (Phi) is 2.24. The summed E-state index contributed by atoms with van der Waals surface area (Å²) in [6.07, 6.45) is 2.97. The van der Waals surface area contributed by atoms with Crippen molar-refractivity contribution < 1.29 is 9.53 Å². The number of rotatable bonds is 3. The average molecular weight is 199 g/mol. The number of epoxide rings is 1. The fraction of sp³-hybridized carbons (Fsp3) is 0.375. The molecule has 0 amide bonds. The minimum Gasteiger partial charge on any atom is -0.365 e. The van der Waals surface area contributed by atoms with Gasteiger partial charge in [0, 0.05) is 12.4 Å². The van der Waals surface area contributed by atoms with Crippen molar-refractivity contribution in [1.29, 1.82) is 0 Å². The van der Waals surface area contributed by atoms with E-state index in [4.69, 9.17) is 16.3 Å². The Labute approximate surface area is 79.9 Å². The van der Waals surface area contributed by atoms with Crippen LogP contribution in [-0.2, 0) is 16.0 Å². The van der Waals surface area contributed by atoms with E-state index in [9.17, 15) is 4.79 Å². The van der Waals surface area contributed by atoms with E-state index in [1.165, 1.54) is 12.4 Å². The molecule has 2 heterocycles. The van der Waals surface area contributed by atoms with Gasteiger partial charge >= 0.3 is 0 Å². The fourth-order valence-electron chi connectivity index (χ4n) is 0.981. The van der Waals surface area contributed by atoms with Crippen molar-refractivity contribution >= 4 is 17.4 Å².